The number of aryl methyl sites for hydroxylation is 1. The van der Waals surface area contributed by atoms with Gasteiger partial charge in [-0.1, -0.05) is 31.7 Å². The molecule has 42 heavy (non-hydrogen) atoms. The SMILES string of the molecule is C=CC(=O)N1CCN(c2nc(OCC3CCN(C)C3)nc3c2CCC(N2CCCc4ccccc42)C3)CC1.CCC#N. The normalized spacial score (nSPS) is 21.9. The second-order valence-electron chi connectivity index (χ2n) is 11.8. The van der Waals surface area contributed by atoms with Crippen molar-refractivity contribution < 1.29 is 9.53 Å². The van der Waals surface area contributed by atoms with Crippen molar-refractivity contribution in [2.45, 2.75) is 57.9 Å². The summed E-state index contributed by atoms with van der Waals surface area (Å²) in [6.45, 7) is 12.3. The number of nitriles is 1. The molecule has 0 saturated carbocycles. The Hall–Kier alpha value is -3.64. The first-order chi connectivity index (χ1) is 20.5. The molecule has 3 aliphatic heterocycles. The van der Waals surface area contributed by atoms with Crippen molar-refractivity contribution in [2.24, 2.45) is 5.92 Å². The van der Waals surface area contributed by atoms with E-state index in [2.05, 4.69) is 52.6 Å². The van der Waals surface area contributed by atoms with Crippen LogP contribution >= 0.6 is 0 Å². The number of aromatic nitrogens is 2. The Morgan fingerprint density at radius 3 is 2.62 bits per heavy atom. The van der Waals surface area contributed by atoms with Crippen molar-refractivity contribution in [1.29, 1.82) is 5.26 Å². The van der Waals surface area contributed by atoms with E-state index < -0.39 is 0 Å². The van der Waals surface area contributed by atoms with Crippen LogP contribution in [-0.2, 0) is 24.1 Å². The molecule has 2 atom stereocenters. The molecule has 1 aliphatic carbocycles. The van der Waals surface area contributed by atoms with Gasteiger partial charge in [0, 0.05) is 75.3 Å². The van der Waals surface area contributed by atoms with E-state index in [1.807, 2.05) is 17.9 Å². The Bertz CT molecular complexity index is 1280. The summed E-state index contributed by atoms with van der Waals surface area (Å²) in [6, 6.07) is 11.8. The third-order valence-electron chi connectivity index (χ3n) is 8.95. The van der Waals surface area contributed by atoms with Crippen molar-refractivity contribution in [1.82, 2.24) is 19.8 Å². The van der Waals surface area contributed by atoms with Crippen LogP contribution < -0.4 is 14.5 Å². The molecular weight excluding hydrogens is 526 g/mol. The number of piperazine rings is 1. The van der Waals surface area contributed by atoms with Gasteiger partial charge >= 0.3 is 6.01 Å². The second kappa shape index (κ2) is 14.0. The zero-order chi connectivity index (χ0) is 29.5. The molecule has 2 fully saturated rings. The van der Waals surface area contributed by atoms with Gasteiger partial charge in [0.25, 0.3) is 0 Å². The van der Waals surface area contributed by atoms with E-state index in [4.69, 9.17) is 20.0 Å². The van der Waals surface area contributed by atoms with Crippen molar-refractivity contribution in [3.63, 3.8) is 0 Å². The van der Waals surface area contributed by atoms with Gasteiger partial charge < -0.3 is 24.3 Å². The molecule has 4 heterocycles. The molecule has 0 spiro atoms. The van der Waals surface area contributed by atoms with Gasteiger partial charge in [-0.2, -0.15) is 15.2 Å². The number of nitrogens with zero attached hydrogens (tertiary/aromatic N) is 7. The number of likely N-dealkylation sites (tertiary alicyclic amines) is 1. The summed E-state index contributed by atoms with van der Waals surface area (Å²) < 4.78 is 6.28. The fourth-order valence-corrected chi connectivity index (χ4v) is 6.71. The zero-order valence-electron chi connectivity index (χ0n) is 25.3. The summed E-state index contributed by atoms with van der Waals surface area (Å²) in [5.41, 5.74) is 5.26. The highest BCUT2D eigenvalue weighted by Crippen LogP contribution is 2.36. The van der Waals surface area contributed by atoms with Crippen molar-refractivity contribution in [2.75, 3.05) is 69.3 Å². The first kappa shape index (κ1) is 29.8. The molecule has 0 radical (unpaired) electrons. The van der Waals surface area contributed by atoms with E-state index in [-0.39, 0.29) is 5.91 Å². The molecule has 0 N–H and O–H groups in total. The van der Waals surface area contributed by atoms with E-state index in [0.717, 1.165) is 76.3 Å². The Kier molecular flexibility index (Phi) is 9.96. The lowest BCUT2D eigenvalue weighted by atomic mass is 9.88. The van der Waals surface area contributed by atoms with Gasteiger partial charge in [0.1, 0.15) is 5.82 Å². The molecule has 1 amide bonds. The minimum Gasteiger partial charge on any atom is -0.463 e. The third-order valence-corrected chi connectivity index (χ3v) is 8.95. The molecule has 2 aromatic rings. The van der Waals surface area contributed by atoms with Crippen LogP contribution in [0, 0.1) is 17.2 Å². The van der Waals surface area contributed by atoms with Crippen LogP contribution in [0.1, 0.15) is 49.4 Å². The van der Waals surface area contributed by atoms with Crippen LogP contribution in [-0.4, -0.2) is 91.2 Å². The fourth-order valence-electron chi connectivity index (χ4n) is 6.71. The average Bonchev–Trinajstić information content (AvgIpc) is 3.47. The lowest BCUT2D eigenvalue weighted by Crippen LogP contribution is -2.49. The smallest absolute Gasteiger partial charge is 0.318 e. The molecule has 9 heteroatoms. The number of rotatable bonds is 6. The number of ether oxygens (including phenoxy) is 1. The minimum absolute atomic E-state index is 0.00424. The third kappa shape index (κ3) is 6.87. The van der Waals surface area contributed by atoms with Gasteiger partial charge in [0.15, 0.2) is 0 Å². The summed E-state index contributed by atoms with van der Waals surface area (Å²) >= 11 is 0. The first-order valence-electron chi connectivity index (χ1n) is 15.6. The zero-order valence-corrected chi connectivity index (χ0v) is 25.3. The molecule has 224 valence electrons. The van der Waals surface area contributed by atoms with Gasteiger partial charge in [0.2, 0.25) is 5.91 Å². The quantitative estimate of drug-likeness (QED) is 0.483. The summed E-state index contributed by atoms with van der Waals surface area (Å²) in [5.74, 6) is 1.54. The number of para-hydroxylation sites is 1. The van der Waals surface area contributed by atoms with Crippen LogP contribution in [0.2, 0.25) is 0 Å². The Morgan fingerprint density at radius 2 is 1.90 bits per heavy atom. The van der Waals surface area contributed by atoms with Crippen molar-refractivity contribution >= 4 is 17.4 Å². The van der Waals surface area contributed by atoms with E-state index in [1.54, 1.807) is 0 Å². The number of benzene rings is 1. The van der Waals surface area contributed by atoms with Crippen LogP contribution in [0.3, 0.4) is 0 Å². The first-order valence-corrected chi connectivity index (χ1v) is 15.6. The Morgan fingerprint density at radius 1 is 1.12 bits per heavy atom. The predicted octanol–water partition coefficient (Wildman–Crippen LogP) is 3.87. The molecule has 1 aromatic carbocycles. The summed E-state index contributed by atoms with van der Waals surface area (Å²) in [7, 11) is 2.17. The fraction of sp³-hybridized carbons (Fsp3) is 0.576. The van der Waals surface area contributed by atoms with Crippen LogP contribution in [0.5, 0.6) is 6.01 Å². The van der Waals surface area contributed by atoms with Crippen molar-refractivity contribution in [3.05, 3.63) is 53.7 Å². The highest BCUT2D eigenvalue weighted by molar-refractivity contribution is 5.87. The molecule has 6 rings (SSSR count). The number of carbonyl (C=O) groups is 1. The number of carbonyl (C=O) groups excluding carboxylic acids is 1. The molecule has 1 aromatic heterocycles. The maximum Gasteiger partial charge on any atom is 0.318 e. The lowest BCUT2D eigenvalue weighted by molar-refractivity contribution is -0.126. The van der Waals surface area contributed by atoms with Crippen LogP contribution in [0.4, 0.5) is 11.5 Å². The monoisotopic (exact) mass is 571 g/mol. The summed E-state index contributed by atoms with van der Waals surface area (Å²) in [4.78, 5) is 31.3. The highest BCUT2D eigenvalue weighted by Gasteiger charge is 2.33. The van der Waals surface area contributed by atoms with Crippen molar-refractivity contribution in [3.8, 4) is 12.1 Å². The molecule has 4 aliphatic rings. The van der Waals surface area contributed by atoms with E-state index in [1.165, 1.54) is 29.3 Å². The maximum absolute atomic E-state index is 12.1. The highest BCUT2D eigenvalue weighted by atomic mass is 16.5. The number of hydrogen-bond acceptors (Lipinski definition) is 8. The van der Waals surface area contributed by atoms with Gasteiger partial charge in [-0.05, 0) is 63.4 Å². The second-order valence-corrected chi connectivity index (χ2v) is 11.8. The van der Waals surface area contributed by atoms with E-state index in [9.17, 15) is 4.79 Å². The van der Waals surface area contributed by atoms with Gasteiger partial charge in [0.05, 0.1) is 18.4 Å². The van der Waals surface area contributed by atoms with Crippen LogP contribution in [0.25, 0.3) is 0 Å². The molecule has 2 saturated heterocycles. The average molecular weight is 572 g/mol. The Balaban J connectivity index is 0.000000830. The molecular formula is C33H45N7O2. The largest absolute Gasteiger partial charge is 0.463 e. The van der Waals surface area contributed by atoms with Gasteiger partial charge in [-0.25, -0.2) is 0 Å². The Labute approximate surface area is 250 Å². The number of fused-ring (bicyclic) bond motifs is 2. The molecule has 2 unspecified atom stereocenters. The van der Waals surface area contributed by atoms with E-state index >= 15 is 0 Å². The maximum atomic E-state index is 12.1. The summed E-state index contributed by atoms with van der Waals surface area (Å²) in [6.07, 6.45) is 8.53. The van der Waals surface area contributed by atoms with Gasteiger partial charge in [-0.3, -0.25) is 4.79 Å². The molecule has 0 bridgehead atoms. The number of amides is 1. The standard InChI is InChI=1S/C30H40N6O2.C3H5N/c1-3-28(37)34-15-17-35(18-16-34)29-25-11-10-24(36-13-6-8-23-7-4-5-9-27(23)36)19-26(25)31-30(32-29)38-21-22-12-14-33(2)20-22;1-2-3-4/h3-5,7,9,22,24H,1,6,8,10-21H2,2H3;2H2,1H3. The van der Waals surface area contributed by atoms with Crippen LogP contribution in [0.15, 0.2) is 36.9 Å². The lowest BCUT2D eigenvalue weighted by Gasteiger charge is -2.41. The number of anilines is 2. The van der Waals surface area contributed by atoms with E-state index in [0.29, 0.717) is 44.1 Å². The molecule has 9 nitrogen and oxygen atoms in total. The summed E-state index contributed by atoms with van der Waals surface area (Å²) in [5, 5.41) is 7.62. The minimum atomic E-state index is 0.00424. The number of hydrogen-bond donors (Lipinski definition) is 0. The van der Waals surface area contributed by atoms with Gasteiger partial charge in [-0.15, -0.1) is 0 Å². The topological polar surface area (TPSA) is 88.8 Å². The predicted molar refractivity (Wildman–Crippen MR) is 166 cm³/mol.